The smallest absolute Gasteiger partial charge is 0.319 e. The van der Waals surface area contributed by atoms with E-state index < -0.39 is 10.8 Å². The highest BCUT2D eigenvalue weighted by molar-refractivity contribution is 6.06. The number of fused-ring (bicyclic) bond motifs is 5. The third-order valence-electron chi connectivity index (χ3n) is 8.49. The van der Waals surface area contributed by atoms with Crippen LogP contribution >= 0.6 is 0 Å². The van der Waals surface area contributed by atoms with Gasteiger partial charge in [0.2, 0.25) is 0 Å². The first-order valence-electron chi connectivity index (χ1n) is 9.99. The summed E-state index contributed by atoms with van der Waals surface area (Å²) in [5.41, 5.74) is -1.82. The van der Waals surface area contributed by atoms with Crippen molar-refractivity contribution in [1.29, 1.82) is 10.5 Å². The van der Waals surface area contributed by atoms with Crippen molar-refractivity contribution in [3.63, 3.8) is 0 Å². The zero-order chi connectivity index (χ0) is 19.4. The fourth-order valence-electron chi connectivity index (χ4n) is 6.87. The Kier molecular flexibility index (Phi) is 4.00. The summed E-state index contributed by atoms with van der Waals surface area (Å²) >= 11 is 0. The Bertz CT molecular complexity index is 789. The topological polar surface area (TPSA) is 90.9 Å². The number of hydrogen-bond donors (Lipinski definition) is 0. The molecular weight excluding hydrogens is 340 g/mol. The third kappa shape index (κ3) is 2.21. The average Bonchev–Trinajstić information content (AvgIpc) is 3.05. The van der Waals surface area contributed by atoms with Gasteiger partial charge in [-0.2, -0.15) is 10.5 Å². The molecule has 4 aliphatic rings. The van der Waals surface area contributed by atoms with Crippen molar-refractivity contribution in [2.75, 3.05) is 7.11 Å². The fourth-order valence-corrected chi connectivity index (χ4v) is 6.87. The second kappa shape index (κ2) is 5.93. The number of ketones is 1. The molecule has 27 heavy (non-hydrogen) atoms. The molecule has 4 rings (SSSR count). The van der Waals surface area contributed by atoms with Crippen molar-refractivity contribution >= 4 is 11.8 Å². The van der Waals surface area contributed by atoms with Crippen LogP contribution in [0.3, 0.4) is 0 Å². The van der Waals surface area contributed by atoms with Gasteiger partial charge in [-0.05, 0) is 67.6 Å². The van der Waals surface area contributed by atoms with Crippen molar-refractivity contribution < 1.29 is 14.3 Å². The minimum Gasteiger partial charge on any atom is -0.468 e. The summed E-state index contributed by atoms with van der Waals surface area (Å²) in [6, 6.07) is 4.52. The van der Waals surface area contributed by atoms with Crippen LogP contribution in [0.15, 0.2) is 12.2 Å². The van der Waals surface area contributed by atoms with Crippen molar-refractivity contribution in [3.05, 3.63) is 12.2 Å². The summed E-state index contributed by atoms with van der Waals surface area (Å²) in [6.07, 6.45) is 9.02. The molecule has 0 N–H and O–H groups in total. The Morgan fingerprint density at radius 3 is 2.56 bits per heavy atom. The van der Waals surface area contributed by atoms with E-state index in [0.29, 0.717) is 31.6 Å². The molecule has 0 amide bonds. The molecule has 0 aromatic carbocycles. The molecule has 5 nitrogen and oxygen atoms in total. The first kappa shape index (κ1) is 18.2. The third-order valence-corrected chi connectivity index (χ3v) is 8.49. The maximum Gasteiger partial charge on any atom is 0.319 e. The van der Waals surface area contributed by atoms with Crippen LogP contribution in [0.25, 0.3) is 0 Å². The molecule has 3 saturated carbocycles. The number of hydrogen-bond acceptors (Lipinski definition) is 5. The molecule has 0 bridgehead atoms. The van der Waals surface area contributed by atoms with E-state index in [2.05, 4.69) is 31.2 Å². The van der Waals surface area contributed by atoms with E-state index >= 15 is 0 Å². The van der Waals surface area contributed by atoms with Gasteiger partial charge in [0.05, 0.1) is 19.2 Å². The van der Waals surface area contributed by atoms with E-state index in [4.69, 9.17) is 4.74 Å². The van der Waals surface area contributed by atoms with Gasteiger partial charge in [-0.25, -0.2) is 0 Å². The Hall–Kier alpha value is -2.14. The number of carbonyl (C=O) groups excluding carboxylic acids is 2. The van der Waals surface area contributed by atoms with Gasteiger partial charge in [-0.1, -0.05) is 19.1 Å². The van der Waals surface area contributed by atoms with Crippen molar-refractivity contribution in [2.24, 2.45) is 39.9 Å². The van der Waals surface area contributed by atoms with E-state index in [0.717, 1.165) is 19.3 Å². The van der Waals surface area contributed by atoms with E-state index in [9.17, 15) is 20.1 Å². The molecule has 0 aromatic rings. The van der Waals surface area contributed by atoms with Crippen LogP contribution in [0.4, 0.5) is 0 Å². The highest BCUT2D eigenvalue weighted by atomic mass is 16.5. The summed E-state index contributed by atoms with van der Waals surface area (Å²) in [6.45, 7) is 2.29. The molecule has 6 atom stereocenters. The van der Waals surface area contributed by atoms with Gasteiger partial charge in [0, 0.05) is 6.42 Å². The molecule has 0 unspecified atom stereocenters. The molecule has 4 aliphatic carbocycles. The monoisotopic (exact) mass is 366 g/mol. The Labute approximate surface area is 160 Å². The first-order chi connectivity index (χ1) is 12.9. The number of nitrogens with zero attached hydrogens (tertiary/aromatic N) is 2. The number of carbonyl (C=O) groups is 2. The average molecular weight is 366 g/mol. The summed E-state index contributed by atoms with van der Waals surface area (Å²) in [4.78, 5) is 25.4. The number of esters is 1. The van der Waals surface area contributed by atoms with Gasteiger partial charge in [0.25, 0.3) is 0 Å². The van der Waals surface area contributed by atoms with Gasteiger partial charge in [0.1, 0.15) is 10.8 Å². The standard InChI is InChI=1S/C22H26N2O3/c1-20-9-10-21(12-23,13-24)11-14(20)3-4-15-16(20)7-8-22(19(26)27-2)17(15)5-6-18(22)25/h3-4,14-17H,5-11H2,1-2H3/t14-,15-,16-,17-,20+,22+/m0/s1. The van der Waals surface area contributed by atoms with Crippen LogP contribution in [0.2, 0.25) is 0 Å². The van der Waals surface area contributed by atoms with Gasteiger partial charge < -0.3 is 4.74 Å². The minimum absolute atomic E-state index is 0.0174. The van der Waals surface area contributed by atoms with Crippen molar-refractivity contribution in [3.8, 4) is 12.1 Å². The van der Waals surface area contributed by atoms with Gasteiger partial charge >= 0.3 is 5.97 Å². The van der Waals surface area contributed by atoms with E-state index in [-0.39, 0.29) is 34.9 Å². The first-order valence-corrected chi connectivity index (χ1v) is 9.99. The van der Waals surface area contributed by atoms with Gasteiger partial charge in [-0.15, -0.1) is 0 Å². The van der Waals surface area contributed by atoms with Gasteiger partial charge in [0.15, 0.2) is 5.78 Å². The molecular formula is C22H26N2O3. The van der Waals surface area contributed by atoms with Crippen LogP contribution < -0.4 is 0 Å². The molecule has 0 radical (unpaired) electrons. The zero-order valence-corrected chi connectivity index (χ0v) is 16.0. The van der Waals surface area contributed by atoms with Crippen LogP contribution in [0.1, 0.15) is 51.9 Å². The highest BCUT2D eigenvalue weighted by Gasteiger charge is 2.65. The summed E-state index contributed by atoms with van der Waals surface area (Å²) < 4.78 is 5.08. The Balaban J connectivity index is 1.71. The second-order valence-electron chi connectivity index (χ2n) is 9.26. The highest BCUT2D eigenvalue weighted by Crippen LogP contribution is 2.65. The maximum absolute atomic E-state index is 12.7. The lowest BCUT2D eigenvalue weighted by atomic mass is 9.45. The van der Waals surface area contributed by atoms with E-state index in [1.54, 1.807) is 0 Å². The predicted octanol–water partition coefficient (Wildman–Crippen LogP) is 3.56. The zero-order valence-electron chi connectivity index (χ0n) is 16.0. The summed E-state index contributed by atoms with van der Waals surface area (Å²) in [5.74, 6) is 0.498. The number of rotatable bonds is 1. The Morgan fingerprint density at radius 1 is 1.15 bits per heavy atom. The molecule has 142 valence electrons. The molecule has 0 spiro atoms. The SMILES string of the molecule is COC(=O)[C@]12CC[C@H]3[C@H](C=C[C@H]4CC(C#N)(C#N)CC[C@]43C)[C@@H]1CCC2=O. The summed E-state index contributed by atoms with van der Waals surface area (Å²) in [5, 5.41) is 19.1. The molecule has 3 fully saturated rings. The second-order valence-corrected chi connectivity index (χ2v) is 9.26. The fraction of sp³-hybridized carbons (Fsp3) is 0.727. The number of ether oxygens (including phenoxy) is 1. The lowest BCUT2D eigenvalue weighted by Gasteiger charge is -2.58. The van der Waals surface area contributed by atoms with E-state index in [1.807, 2.05) is 0 Å². The molecule has 0 aliphatic heterocycles. The lowest BCUT2D eigenvalue weighted by Crippen LogP contribution is -2.55. The number of methoxy groups -OCH3 is 1. The molecule has 5 heteroatoms. The van der Waals surface area contributed by atoms with Crippen LogP contribution in [0.5, 0.6) is 0 Å². The normalized spacial score (nSPS) is 44.2. The molecule has 0 aromatic heterocycles. The number of allylic oxidation sites excluding steroid dienone is 2. The number of Topliss-reactive ketones (excluding diaryl/α,β-unsaturated/α-hetero) is 1. The van der Waals surface area contributed by atoms with Crippen LogP contribution in [-0.2, 0) is 14.3 Å². The quantitative estimate of drug-likeness (QED) is 0.402. The van der Waals surface area contributed by atoms with Gasteiger partial charge in [-0.3, -0.25) is 9.59 Å². The molecule has 0 heterocycles. The number of nitriles is 2. The van der Waals surface area contributed by atoms with E-state index in [1.165, 1.54) is 7.11 Å². The minimum atomic E-state index is -0.957. The van der Waals surface area contributed by atoms with Crippen molar-refractivity contribution in [1.82, 2.24) is 0 Å². The molecule has 0 saturated heterocycles. The predicted molar refractivity (Wildman–Crippen MR) is 96.6 cm³/mol. The summed E-state index contributed by atoms with van der Waals surface area (Å²) in [7, 11) is 1.38. The largest absolute Gasteiger partial charge is 0.468 e. The lowest BCUT2D eigenvalue weighted by molar-refractivity contribution is -0.167. The Morgan fingerprint density at radius 2 is 1.89 bits per heavy atom. The maximum atomic E-state index is 12.7. The van der Waals surface area contributed by atoms with Crippen LogP contribution in [0, 0.1) is 62.6 Å². The van der Waals surface area contributed by atoms with Crippen molar-refractivity contribution in [2.45, 2.75) is 51.9 Å². The van der Waals surface area contributed by atoms with Crippen LogP contribution in [-0.4, -0.2) is 18.9 Å².